The molecular formula is C18H18O2S. The third-order valence-electron chi connectivity index (χ3n) is 3.68. The molecule has 3 rings (SSSR count). The van der Waals surface area contributed by atoms with Gasteiger partial charge in [-0.3, -0.25) is 4.79 Å². The van der Waals surface area contributed by atoms with Gasteiger partial charge in [0.25, 0.3) is 0 Å². The van der Waals surface area contributed by atoms with E-state index < -0.39 is 0 Å². The van der Waals surface area contributed by atoms with Crippen molar-refractivity contribution in [2.45, 2.75) is 30.8 Å². The van der Waals surface area contributed by atoms with E-state index in [1.807, 2.05) is 48.7 Å². The fourth-order valence-electron chi connectivity index (χ4n) is 2.74. The highest BCUT2D eigenvalue weighted by Crippen LogP contribution is 2.35. The van der Waals surface area contributed by atoms with E-state index in [2.05, 4.69) is 13.8 Å². The van der Waals surface area contributed by atoms with E-state index in [1.54, 1.807) is 11.8 Å². The summed E-state index contributed by atoms with van der Waals surface area (Å²) < 4.78 is 5.86. The molecule has 21 heavy (non-hydrogen) atoms. The van der Waals surface area contributed by atoms with Gasteiger partial charge in [0.15, 0.2) is 5.78 Å². The minimum atomic E-state index is -0.179. The van der Waals surface area contributed by atoms with Gasteiger partial charge in [-0.1, -0.05) is 12.1 Å². The van der Waals surface area contributed by atoms with Crippen molar-refractivity contribution in [3.8, 4) is 5.75 Å². The monoisotopic (exact) mass is 298 g/mol. The molecule has 0 aromatic heterocycles. The summed E-state index contributed by atoms with van der Waals surface area (Å²) in [6.45, 7) is 4.13. The number of rotatable bonds is 3. The van der Waals surface area contributed by atoms with E-state index in [0.717, 1.165) is 33.8 Å². The molecule has 0 unspecified atom stereocenters. The van der Waals surface area contributed by atoms with E-state index in [-0.39, 0.29) is 11.4 Å². The van der Waals surface area contributed by atoms with Crippen LogP contribution in [-0.4, -0.2) is 17.6 Å². The fourth-order valence-corrected chi connectivity index (χ4v) is 3.33. The second-order valence-electron chi connectivity index (χ2n) is 5.89. The Hall–Kier alpha value is -1.74. The Morgan fingerprint density at radius 2 is 1.95 bits per heavy atom. The van der Waals surface area contributed by atoms with Gasteiger partial charge in [0.1, 0.15) is 11.4 Å². The molecule has 3 heteroatoms. The van der Waals surface area contributed by atoms with Crippen molar-refractivity contribution >= 4 is 17.5 Å². The minimum absolute atomic E-state index is 0.0763. The van der Waals surface area contributed by atoms with E-state index >= 15 is 0 Å². The van der Waals surface area contributed by atoms with Crippen LogP contribution in [0.15, 0.2) is 47.4 Å². The highest BCUT2D eigenvalue weighted by Gasteiger charge is 2.30. The zero-order chi connectivity index (χ0) is 15.0. The number of thioether (sulfide) groups is 1. The van der Waals surface area contributed by atoms with Gasteiger partial charge in [0, 0.05) is 22.4 Å². The first-order chi connectivity index (χ1) is 10.00. The molecule has 0 bridgehead atoms. The maximum absolute atomic E-state index is 12.7. The number of ketones is 1. The average Bonchev–Trinajstić information content (AvgIpc) is 2.79. The van der Waals surface area contributed by atoms with Crippen molar-refractivity contribution in [3.63, 3.8) is 0 Å². The lowest BCUT2D eigenvalue weighted by atomic mass is 9.97. The van der Waals surface area contributed by atoms with Crippen LogP contribution < -0.4 is 4.74 Å². The van der Waals surface area contributed by atoms with Crippen LogP contribution in [0.3, 0.4) is 0 Å². The lowest BCUT2D eigenvalue weighted by Gasteiger charge is -2.16. The highest BCUT2D eigenvalue weighted by atomic mass is 32.2. The SMILES string of the molecule is CSc1ccccc1C(=O)c1ccc2c(c1)CC(C)(C)O2. The number of carbonyl (C=O) groups is 1. The standard InChI is InChI=1S/C18H18O2S/c1-18(2)11-13-10-12(8-9-15(13)20-18)17(19)14-6-4-5-7-16(14)21-3/h4-10H,11H2,1-3H3. The summed E-state index contributed by atoms with van der Waals surface area (Å²) in [5.74, 6) is 0.974. The van der Waals surface area contributed by atoms with Gasteiger partial charge < -0.3 is 4.74 Å². The smallest absolute Gasteiger partial charge is 0.194 e. The van der Waals surface area contributed by atoms with Crippen molar-refractivity contribution in [2.75, 3.05) is 6.26 Å². The van der Waals surface area contributed by atoms with Crippen LogP contribution in [0.2, 0.25) is 0 Å². The fraction of sp³-hybridized carbons (Fsp3) is 0.278. The predicted molar refractivity (Wildman–Crippen MR) is 86.5 cm³/mol. The molecule has 1 aliphatic heterocycles. The molecule has 0 saturated carbocycles. The Bertz CT molecular complexity index is 704. The summed E-state index contributed by atoms with van der Waals surface area (Å²) in [6, 6.07) is 13.5. The summed E-state index contributed by atoms with van der Waals surface area (Å²) in [5, 5.41) is 0. The number of ether oxygens (including phenoxy) is 1. The van der Waals surface area contributed by atoms with Gasteiger partial charge in [-0.05, 0) is 56.0 Å². The van der Waals surface area contributed by atoms with E-state index in [9.17, 15) is 4.79 Å². The van der Waals surface area contributed by atoms with Gasteiger partial charge in [0.2, 0.25) is 0 Å². The highest BCUT2D eigenvalue weighted by molar-refractivity contribution is 7.98. The first-order valence-electron chi connectivity index (χ1n) is 7.00. The normalized spacial score (nSPS) is 15.4. The summed E-state index contributed by atoms with van der Waals surface area (Å²) in [5.41, 5.74) is 2.44. The van der Waals surface area contributed by atoms with Crippen LogP contribution in [-0.2, 0) is 6.42 Å². The topological polar surface area (TPSA) is 26.3 Å². The lowest BCUT2D eigenvalue weighted by molar-refractivity contribution is 0.103. The molecule has 1 aliphatic rings. The molecule has 0 amide bonds. The van der Waals surface area contributed by atoms with Crippen molar-refractivity contribution < 1.29 is 9.53 Å². The van der Waals surface area contributed by atoms with Gasteiger partial charge in [0.05, 0.1) is 0 Å². The molecule has 0 fully saturated rings. The first-order valence-corrected chi connectivity index (χ1v) is 8.22. The Balaban J connectivity index is 1.97. The summed E-state index contributed by atoms with van der Waals surface area (Å²) in [4.78, 5) is 13.7. The molecule has 108 valence electrons. The van der Waals surface area contributed by atoms with E-state index in [4.69, 9.17) is 4.74 Å². The predicted octanol–water partition coefficient (Wildman–Crippen LogP) is 4.35. The van der Waals surface area contributed by atoms with Crippen molar-refractivity contribution in [1.82, 2.24) is 0 Å². The van der Waals surface area contributed by atoms with Crippen molar-refractivity contribution in [1.29, 1.82) is 0 Å². The maximum Gasteiger partial charge on any atom is 0.194 e. The molecule has 0 atom stereocenters. The Morgan fingerprint density at radius 1 is 1.19 bits per heavy atom. The van der Waals surface area contributed by atoms with Crippen LogP contribution in [0.4, 0.5) is 0 Å². The molecule has 0 spiro atoms. The zero-order valence-corrected chi connectivity index (χ0v) is 13.3. The van der Waals surface area contributed by atoms with Gasteiger partial charge in [-0.15, -0.1) is 11.8 Å². The largest absolute Gasteiger partial charge is 0.487 e. The van der Waals surface area contributed by atoms with Crippen molar-refractivity contribution in [3.05, 3.63) is 59.2 Å². The maximum atomic E-state index is 12.7. The minimum Gasteiger partial charge on any atom is -0.487 e. The van der Waals surface area contributed by atoms with Gasteiger partial charge in [-0.25, -0.2) is 0 Å². The number of hydrogen-bond acceptors (Lipinski definition) is 3. The number of benzene rings is 2. The molecule has 2 aromatic rings. The zero-order valence-electron chi connectivity index (χ0n) is 12.5. The second kappa shape index (κ2) is 5.23. The Morgan fingerprint density at radius 3 is 2.71 bits per heavy atom. The van der Waals surface area contributed by atoms with Gasteiger partial charge in [-0.2, -0.15) is 0 Å². The van der Waals surface area contributed by atoms with Crippen LogP contribution in [0.1, 0.15) is 35.3 Å². The summed E-state index contributed by atoms with van der Waals surface area (Å²) in [6.07, 6.45) is 2.83. The Labute approximate surface area is 129 Å². The number of carbonyl (C=O) groups excluding carboxylic acids is 1. The number of hydrogen-bond donors (Lipinski definition) is 0. The number of fused-ring (bicyclic) bond motifs is 1. The molecule has 2 aromatic carbocycles. The molecule has 0 aliphatic carbocycles. The molecule has 0 N–H and O–H groups in total. The molecule has 1 heterocycles. The molecule has 2 nitrogen and oxygen atoms in total. The third-order valence-corrected chi connectivity index (χ3v) is 4.47. The lowest BCUT2D eigenvalue weighted by Crippen LogP contribution is -2.24. The first kappa shape index (κ1) is 14.2. The van der Waals surface area contributed by atoms with Crippen molar-refractivity contribution in [2.24, 2.45) is 0 Å². The average molecular weight is 298 g/mol. The van der Waals surface area contributed by atoms with Crippen LogP contribution in [0, 0.1) is 0 Å². The van der Waals surface area contributed by atoms with E-state index in [0.29, 0.717) is 0 Å². The Kier molecular flexibility index (Phi) is 3.54. The summed E-state index contributed by atoms with van der Waals surface area (Å²) >= 11 is 1.60. The van der Waals surface area contributed by atoms with E-state index in [1.165, 1.54) is 0 Å². The van der Waals surface area contributed by atoms with Crippen LogP contribution in [0.25, 0.3) is 0 Å². The summed E-state index contributed by atoms with van der Waals surface area (Å²) in [7, 11) is 0. The molecular weight excluding hydrogens is 280 g/mol. The molecule has 0 saturated heterocycles. The third kappa shape index (κ3) is 2.70. The quantitative estimate of drug-likeness (QED) is 0.622. The van der Waals surface area contributed by atoms with Gasteiger partial charge >= 0.3 is 0 Å². The second-order valence-corrected chi connectivity index (χ2v) is 6.74. The van der Waals surface area contributed by atoms with Crippen LogP contribution in [0.5, 0.6) is 5.75 Å². The molecule has 0 radical (unpaired) electrons. The van der Waals surface area contributed by atoms with Crippen LogP contribution >= 0.6 is 11.8 Å².